The first-order chi connectivity index (χ1) is 8.79. The number of ether oxygens (including phenoxy) is 1. The average Bonchev–Trinajstić information content (AvgIpc) is 2.34. The summed E-state index contributed by atoms with van der Waals surface area (Å²) in [6, 6.07) is 0. The molecule has 0 bridgehead atoms. The van der Waals surface area contributed by atoms with Crippen molar-refractivity contribution in [2.45, 2.75) is 27.7 Å². The van der Waals surface area contributed by atoms with Gasteiger partial charge in [0.05, 0.1) is 19.8 Å². The Morgan fingerprint density at radius 1 is 1.16 bits per heavy atom. The Morgan fingerprint density at radius 2 is 1.63 bits per heavy atom. The van der Waals surface area contributed by atoms with Crippen LogP contribution in [0.1, 0.15) is 27.7 Å². The smallest absolute Gasteiger partial charge is 0.356 e. The SMILES string of the molecule is C=C(CCl)COCP(=O)(OCC(C)C)OCC(C)C. The van der Waals surface area contributed by atoms with E-state index in [1.807, 2.05) is 27.7 Å². The zero-order valence-electron chi connectivity index (χ0n) is 12.4. The largest absolute Gasteiger partial charge is 0.364 e. The summed E-state index contributed by atoms with van der Waals surface area (Å²) in [7, 11) is -3.20. The monoisotopic (exact) mass is 312 g/mol. The molecule has 0 amide bonds. The predicted molar refractivity (Wildman–Crippen MR) is 79.9 cm³/mol. The van der Waals surface area contributed by atoms with Crippen LogP contribution in [0.5, 0.6) is 0 Å². The van der Waals surface area contributed by atoms with Crippen LogP contribution in [0.3, 0.4) is 0 Å². The number of hydrogen-bond donors (Lipinski definition) is 0. The molecule has 0 saturated carbocycles. The second kappa shape index (κ2) is 9.95. The van der Waals surface area contributed by atoms with Crippen molar-refractivity contribution in [3.63, 3.8) is 0 Å². The van der Waals surface area contributed by atoms with Crippen LogP contribution in [0.25, 0.3) is 0 Å². The highest BCUT2D eigenvalue weighted by atomic mass is 35.5. The minimum Gasteiger partial charge on any atom is -0.364 e. The van der Waals surface area contributed by atoms with Crippen molar-refractivity contribution in [3.05, 3.63) is 12.2 Å². The van der Waals surface area contributed by atoms with Crippen molar-refractivity contribution in [1.29, 1.82) is 0 Å². The van der Waals surface area contributed by atoms with Gasteiger partial charge >= 0.3 is 7.60 Å². The molecule has 0 aromatic carbocycles. The maximum atomic E-state index is 12.5. The highest BCUT2D eigenvalue weighted by molar-refractivity contribution is 7.53. The first kappa shape index (κ1) is 19.1. The van der Waals surface area contributed by atoms with E-state index in [9.17, 15) is 4.57 Å². The maximum absolute atomic E-state index is 12.5. The van der Waals surface area contributed by atoms with Gasteiger partial charge in [-0.05, 0) is 17.4 Å². The fourth-order valence-corrected chi connectivity index (χ4v) is 2.64. The van der Waals surface area contributed by atoms with Gasteiger partial charge in [-0.3, -0.25) is 4.57 Å². The van der Waals surface area contributed by atoms with E-state index in [-0.39, 0.29) is 24.8 Å². The van der Waals surface area contributed by atoms with Gasteiger partial charge in [-0.25, -0.2) is 0 Å². The van der Waals surface area contributed by atoms with Crippen LogP contribution in [-0.2, 0) is 18.3 Å². The maximum Gasteiger partial charge on any atom is 0.356 e. The number of rotatable bonds is 11. The molecule has 114 valence electrons. The molecule has 0 fully saturated rings. The standard InChI is InChI=1S/C13H26ClO4P/c1-11(2)7-17-19(15,18-8-12(3)4)10-16-9-13(5)6-14/h11-12H,5-10H2,1-4H3. The van der Waals surface area contributed by atoms with E-state index in [1.54, 1.807) is 0 Å². The highest BCUT2D eigenvalue weighted by Crippen LogP contribution is 2.48. The third kappa shape index (κ3) is 10.6. The first-order valence-corrected chi connectivity index (χ1v) is 8.73. The Labute approximate surface area is 122 Å². The van der Waals surface area contributed by atoms with Gasteiger partial charge in [0.2, 0.25) is 0 Å². The van der Waals surface area contributed by atoms with Crippen molar-refractivity contribution < 1.29 is 18.3 Å². The minimum atomic E-state index is -3.20. The third-order valence-corrected chi connectivity index (χ3v) is 3.92. The summed E-state index contributed by atoms with van der Waals surface area (Å²) in [5.74, 6) is 0.895. The van der Waals surface area contributed by atoms with Crippen molar-refractivity contribution in [1.82, 2.24) is 0 Å². The molecule has 0 atom stereocenters. The van der Waals surface area contributed by atoms with Gasteiger partial charge in [0.25, 0.3) is 0 Å². The zero-order chi connectivity index (χ0) is 14.9. The van der Waals surface area contributed by atoms with Crippen LogP contribution in [0.15, 0.2) is 12.2 Å². The summed E-state index contributed by atoms with van der Waals surface area (Å²) in [5, 5.41) is 0. The van der Waals surface area contributed by atoms with Crippen molar-refractivity contribution in [2.24, 2.45) is 11.8 Å². The lowest BCUT2D eigenvalue weighted by molar-refractivity contribution is 0.126. The summed E-state index contributed by atoms with van der Waals surface area (Å²) < 4.78 is 28.6. The topological polar surface area (TPSA) is 44.8 Å². The second-order valence-electron chi connectivity index (χ2n) is 5.35. The van der Waals surface area contributed by atoms with Crippen LogP contribution in [0, 0.1) is 11.8 Å². The molecular formula is C13H26ClO4P. The first-order valence-electron chi connectivity index (χ1n) is 6.47. The van der Waals surface area contributed by atoms with E-state index in [1.165, 1.54) is 0 Å². The molecule has 0 saturated heterocycles. The lowest BCUT2D eigenvalue weighted by Crippen LogP contribution is -2.11. The van der Waals surface area contributed by atoms with Crippen LogP contribution in [0.2, 0.25) is 0 Å². The molecule has 19 heavy (non-hydrogen) atoms. The van der Waals surface area contributed by atoms with Crippen molar-refractivity contribution >= 4 is 19.2 Å². The number of alkyl halides is 1. The molecular weight excluding hydrogens is 287 g/mol. The minimum absolute atomic E-state index is 0.0671. The van der Waals surface area contributed by atoms with Gasteiger partial charge in [-0.1, -0.05) is 34.3 Å². The molecule has 0 rings (SSSR count). The van der Waals surface area contributed by atoms with E-state index in [2.05, 4.69) is 6.58 Å². The Balaban J connectivity index is 4.30. The molecule has 0 aliphatic carbocycles. The molecule has 4 nitrogen and oxygen atoms in total. The van der Waals surface area contributed by atoms with Gasteiger partial charge in [0.15, 0.2) is 0 Å². The van der Waals surface area contributed by atoms with Gasteiger partial charge in [-0.15, -0.1) is 11.6 Å². The molecule has 0 aromatic heterocycles. The summed E-state index contributed by atoms with van der Waals surface area (Å²) in [6.45, 7) is 12.7. The molecule has 0 unspecified atom stereocenters. The van der Waals surface area contributed by atoms with Crippen LogP contribution in [0.4, 0.5) is 0 Å². The fourth-order valence-electron chi connectivity index (χ4n) is 0.977. The van der Waals surface area contributed by atoms with E-state index < -0.39 is 7.60 Å². The van der Waals surface area contributed by atoms with E-state index in [0.29, 0.717) is 19.1 Å². The molecule has 6 heteroatoms. The molecule has 0 radical (unpaired) electrons. The van der Waals surface area contributed by atoms with Crippen molar-refractivity contribution in [3.8, 4) is 0 Å². The highest BCUT2D eigenvalue weighted by Gasteiger charge is 2.26. The van der Waals surface area contributed by atoms with Crippen LogP contribution in [-0.4, -0.2) is 32.0 Å². The molecule has 0 heterocycles. The van der Waals surface area contributed by atoms with Gasteiger partial charge in [-0.2, -0.15) is 0 Å². The summed E-state index contributed by atoms with van der Waals surface area (Å²) in [4.78, 5) is 0. The summed E-state index contributed by atoms with van der Waals surface area (Å²) in [6.07, 6.45) is -0.0671. The van der Waals surface area contributed by atoms with Crippen molar-refractivity contribution in [2.75, 3.05) is 32.0 Å². The fraction of sp³-hybridized carbons (Fsp3) is 0.846. The lowest BCUT2D eigenvalue weighted by Gasteiger charge is -2.20. The molecule has 0 aliphatic rings. The molecule has 0 spiro atoms. The number of halogens is 1. The molecule has 0 aliphatic heterocycles. The van der Waals surface area contributed by atoms with Gasteiger partial charge < -0.3 is 13.8 Å². The summed E-state index contributed by atoms with van der Waals surface area (Å²) in [5.41, 5.74) is 0.737. The molecule has 0 N–H and O–H groups in total. The Hall–Kier alpha value is 0.140. The normalized spacial score (nSPS) is 12.4. The summed E-state index contributed by atoms with van der Waals surface area (Å²) >= 11 is 5.60. The average molecular weight is 313 g/mol. The van der Waals surface area contributed by atoms with Gasteiger partial charge in [0.1, 0.15) is 6.35 Å². The van der Waals surface area contributed by atoms with Crippen LogP contribution < -0.4 is 0 Å². The third-order valence-electron chi connectivity index (χ3n) is 1.95. The Morgan fingerprint density at radius 3 is 2.00 bits per heavy atom. The van der Waals surface area contributed by atoms with E-state index >= 15 is 0 Å². The lowest BCUT2D eigenvalue weighted by atomic mass is 10.2. The van der Waals surface area contributed by atoms with E-state index in [4.69, 9.17) is 25.4 Å². The van der Waals surface area contributed by atoms with Gasteiger partial charge in [0, 0.05) is 5.88 Å². The Bertz CT molecular complexity index is 289. The van der Waals surface area contributed by atoms with Crippen LogP contribution >= 0.6 is 19.2 Å². The Kier molecular flexibility index (Phi) is 10.0. The second-order valence-corrected chi connectivity index (χ2v) is 7.61. The quantitative estimate of drug-likeness (QED) is 0.324. The van der Waals surface area contributed by atoms with E-state index in [0.717, 1.165) is 5.57 Å². The zero-order valence-corrected chi connectivity index (χ0v) is 14.0. The predicted octanol–water partition coefficient (Wildman–Crippen LogP) is 4.29. The molecule has 0 aromatic rings. The number of hydrogen-bond acceptors (Lipinski definition) is 4.